The quantitative estimate of drug-likeness (QED) is 0.196. The summed E-state index contributed by atoms with van der Waals surface area (Å²) in [5.41, 5.74) is 1.48. The normalized spacial score (nSPS) is 12.2. The van der Waals surface area contributed by atoms with Gasteiger partial charge in [-0.3, -0.25) is 0 Å². The molecule has 0 radical (unpaired) electrons. The Hall–Kier alpha value is -3.92. The van der Waals surface area contributed by atoms with Crippen LogP contribution in [-0.4, -0.2) is 21.9 Å². The predicted molar refractivity (Wildman–Crippen MR) is 163 cm³/mol. The molecule has 0 unspecified atom stereocenters. The van der Waals surface area contributed by atoms with Gasteiger partial charge in [-0.15, -0.1) is 0 Å². The third-order valence-electron chi connectivity index (χ3n) is 6.74. The summed E-state index contributed by atoms with van der Waals surface area (Å²) in [4.78, 5) is 0. The second-order valence-electron chi connectivity index (χ2n) is 12.3. The smallest absolute Gasteiger partial charge is 0.120 e. The summed E-state index contributed by atoms with van der Waals surface area (Å²) in [6, 6.07) is 33.4. The van der Waals surface area contributed by atoms with E-state index in [-0.39, 0.29) is 5.75 Å². The van der Waals surface area contributed by atoms with Crippen molar-refractivity contribution in [3.8, 4) is 23.0 Å². The molecule has 4 heteroatoms. The van der Waals surface area contributed by atoms with Crippen molar-refractivity contribution >= 4 is 0 Å². The van der Waals surface area contributed by atoms with Gasteiger partial charge in [-0.2, -0.15) is 0 Å². The molecule has 210 valence electrons. The van der Waals surface area contributed by atoms with Gasteiger partial charge in [0.1, 0.15) is 39.8 Å². The van der Waals surface area contributed by atoms with Gasteiger partial charge in [-0.25, -0.2) is 0 Å². The molecule has 4 aromatic carbocycles. The molecule has 0 aliphatic heterocycles. The number of hydrogen-bond donors (Lipinski definition) is 1. The van der Waals surface area contributed by atoms with Crippen molar-refractivity contribution in [2.75, 3.05) is 0 Å². The SMILES string of the molecule is CC(C)(Cc1ccc(O)c(CC(C)(C)Oc2ccccc2)c1CC(C)(C)Oc1ccccc1)Oc1ccccc1. The lowest BCUT2D eigenvalue weighted by Gasteiger charge is -2.33. The molecule has 0 saturated heterocycles. The molecule has 0 amide bonds. The molecule has 4 nitrogen and oxygen atoms in total. The van der Waals surface area contributed by atoms with Gasteiger partial charge >= 0.3 is 0 Å². The summed E-state index contributed by atoms with van der Waals surface area (Å²) in [6.07, 6.45) is 1.79. The molecule has 40 heavy (non-hydrogen) atoms. The van der Waals surface area contributed by atoms with E-state index in [4.69, 9.17) is 14.2 Å². The molecular formula is C36H42O4. The first-order valence-electron chi connectivity index (χ1n) is 14.0. The molecule has 0 bridgehead atoms. The Kier molecular flexibility index (Phi) is 8.78. The number of benzene rings is 4. The second-order valence-corrected chi connectivity index (χ2v) is 12.3. The summed E-state index contributed by atoms with van der Waals surface area (Å²) in [6.45, 7) is 12.5. The number of ether oxygens (including phenoxy) is 3. The number of aromatic hydroxyl groups is 1. The zero-order valence-electron chi connectivity index (χ0n) is 24.6. The molecule has 0 heterocycles. The van der Waals surface area contributed by atoms with Gasteiger partial charge in [-0.1, -0.05) is 60.7 Å². The molecule has 0 fully saturated rings. The van der Waals surface area contributed by atoms with Crippen molar-refractivity contribution in [2.24, 2.45) is 0 Å². The minimum atomic E-state index is -0.563. The highest BCUT2D eigenvalue weighted by Crippen LogP contribution is 2.36. The van der Waals surface area contributed by atoms with Crippen LogP contribution >= 0.6 is 0 Å². The third kappa shape index (κ3) is 8.29. The fraction of sp³-hybridized carbons (Fsp3) is 0.333. The van der Waals surface area contributed by atoms with Gasteiger partial charge < -0.3 is 19.3 Å². The molecule has 0 aliphatic rings. The monoisotopic (exact) mass is 538 g/mol. The average molecular weight is 539 g/mol. The van der Waals surface area contributed by atoms with Crippen molar-refractivity contribution in [1.82, 2.24) is 0 Å². The zero-order valence-corrected chi connectivity index (χ0v) is 24.6. The molecule has 0 aromatic heterocycles. The van der Waals surface area contributed by atoms with E-state index in [2.05, 4.69) is 41.5 Å². The Morgan fingerprint density at radius 2 is 0.800 bits per heavy atom. The summed E-state index contributed by atoms with van der Waals surface area (Å²) in [5, 5.41) is 11.2. The Labute approximate surface area is 239 Å². The highest BCUT2D eigenvalue weighted by Gasteiger charge is 2.31. The molecule has 1 N–H and O–H groups in total. The van der Waals surface area contributed by atoms with Crippen LogP contribution in [0.5, 0.6) is 23.0 Å². The van der Waals surface area contributed by atoms with Crippen LogP contribution in [0.2, 0.25) is 0 Å². The second kappa shape index (κ2) is 12.1. The van der Waals surface area contributed by atoms with E-state index in [0.717, 1.165) is 33.9 Å². The molecule has 0 atom stereocenters. The number of phenols is 1. The van der Waals surface area contributed by atoms with Crippen molar-refractivity contribution < 1.29 is 19.3 Å². The summed E-state index contributed by atoms with van der Waals surface area (Å²) in [5.74, 6) is 2.71. The maximum absolute atomic E-state index is 11.2. The van der Waals surface area contributed by atoms with Gasteiger partial charge in [-0.05, 0) is 95.1 Å². The van der Waals surface area contributed by atoms with E-state index < -0.39 is 16.8 Å². The third-order valence-corrected chi connectivity index (χ3v) is 6.74. The molecule has 0 spiro atoms. The number of para-hydroxylation sites is 3. The maximum atomic E-state index is 11.2. The molecular weight excluding hydrogens is 496 g/mol. The highest BCUT2D eigenvalue weighted by atomic mass is 16.5. The lowest BCUT2D eigenvalue weighted by atomic mass is 9.83. The molecule has 0 saturated carbocycles. The first-order chi connectivity index (χ1) is 18.9. The van der Waals surface area contributed by atoms with Gasteiger partial charge in [0.2, 0.25) is 0 Å². The van der Waals surface area contributed by atoms with Gasteiger partial charge in [0.05, 0.1) is 0 Å². The largest absolute Gasteiger partial charge is 0.508 e. The van der Waals surface area contributed by atoms with Crippen LogP contribution in [0.25, 0.3) is 0 Å². The van der Waals surface area contributed by atoms with Crippen molar-refractivity contribution in [1.29, 1.82) is 0 Å². The van der Waals surface area contributed by atoms with E-state index in [1.807, 2.05) is 97.1 Å². The lowest BCUT2D eigenvalue weighted by Crippen LogP contribution is -2.36. The first-order valence-corrected chi connectivity index (χ1v) is 14.0. The summed E-state index contributed by atoms with van der Waals surface area (Å²) in [7, 11) is 0. The average Bonchev–Trinajstić information content (AvgIpc) is 2.88. The van der Waals surface area contributed by atoms with Gasteiger partial charge in [0, 0.05) is 24.8 Å². The summed E-state index contributed by atoms with van der Waals surface area (Å²) >= 11 is 0. The Bertz CT molecular complexity index is 1360. The van der Waals surface area contributed by atoms with E-state index in [9.17, 15) is 5.11 Å². The van der Waals surface area contributed by atoms with Crippen LogP contribution in [0, 0.1) is 0 Å². The van der Waals surface area contributed by atoms with E-state index >= 15 is 0 Å². The van der Waals surface area contributed by atoms with E-state index in [1.165, 1.54) is 0 Å². The van der Waals surface area contributed by atoms with Crippen LogP contribution in [0.3, 0.4) is 0 Å². The van der Waals surface area contributed by atoms with Crippen LogP contribution in [0.1, 0.15) is 58.2 Å². The minimum absolute atomic E-state index is 0.265. The first kappa shape index (κ1) is 29.1. The lowest BCUT2D eigenvalue weighted by molar-refractivity contribution is 0.0992. The van der Waals surface area contributed by atoms with Crippen LogP contribution in [0.15, 0.2) is 103 Å². The molecule has 0 aliphatic carbocycles. The number of hydrogen-bond acceptors (Lipinski definition) is 4. The Morgan fingerprint density at radius 1 is 0.450 bits per heavy atom. The van der Waals surface area contributed by atoms with Crippen molar-refractivity contribution in [2.45, 2.75) is 77.6 Å². The number of phenolic OH excluding ortho intramolecular Hbond substituents is 1. The zero-order chi connectivity index (χ0) is 28.8. The number of rotatable bonds is 12. The Morgan fingerprint density at radius 3 is 1.20 bits per heavy atom. The predicted octanol–water partition coefficient (Wildman–Crippen LogP) is 8.59. The minimum Gasteiger partial charge on any atom is -0.508 e. The van der Waals surface area contributed by atoms with Crippen LogP contribution < -0.4 is 14.2 Å². The van der Waals surface area contributed by atoms with Crippen molar-refractivity contribution in [3.63, 3.8) is 0 Å². The maximum Gasteiger partial charge on any atom is 0.120 e. The van der Waals surface area contributed by atoms with E-state index in [1.54, 1.807) is 6.07 Å². The fourth-order valence-corrected chi connectivity index (χ4v) is 5.15. The summed E-state index contributed by atoms with van der Waals surface area (Å²) < 4.78 is 19.3. The standard InChI is InChI=1S/C36H42O4/c1-34(2,38-28-16-10-7-11-17-28)24-27-22-23-33(37)32(26-36(5,6)40-30-20-14-9-15-21-30)31(27)25-35(3,4)39-29-18-12-8-13-19-29/h7-23,37H,24-26H2,1-6H3. The molecule has 4 rings (SSSR count). The van der Waals surface area contributed by atoms with Crippen molar-refractivity contribution in [3.05, 3.63) is 120 Å². The van der Waals surface area contributed by atoms with Gasteiger partial charge in [0.15, 0.2) is 0 Å². The van der Waals surface area contributed by atoms with Gasteiger partial charge in [0.25, 0.3) is 0 Å². The highest BCUT2D eigenvalue weighted by molar-refractivity contribution is 5.47. The van der Waals surface area contributed by atoms with Crippen LogP contribution in [0.4, 0.5) is 0 Å². The molecule has 4 aromatic rings. The Balaban J connectivity index is 1.70. The van der Waals surface area contributed by atoms with E-state index in [0.29, 0.717) is 19.3 Å². The topological polar surface area (TPSA) is 47.9 Å². The fourth-order valence-electron chi connectivity index (χ4n) is 5.15. The van der Waals surface area contributed by atoms with Crippen LogP contribution in [-0.2, 0) is 19.3 Å².